The van der Waals surface area contributed by atoms with Crippen LogP contribution in [0.2, 0.25) is 0 Å². The van der Waals surface area contributed by atoms with Crippen molar-refractivity contribution < 1.29 is 9.59 Å². The van der Waals surface area contributed by atoms with Crippen LogP contribution in [0, 0.1) is 0 Å². The van der Waals surface area contributed by atoms with Crippen molar-refractivity contribution in [1.82, 2.24) is 9.88 Å². The summed E-state index contributed by atoms with van der Waals surface area (Å²) in [6.45, 7) is 7.14. The van der Waals surface area contributed by atoms with Crippen molar-refractivity contribution in [2.75, 3.05) is 18.4 Å². The van der Waals surface area contributed by atoms with Gasteiger partial charge in [-0.15, -0.1) is 11.3 Å². The van der Waals surface area contributed by atoms with E-state index in [0.29, 0.717) is 11.6 Å². The van der Waals surface area contributed by atoms with Crippen LogP contribution in [0.25, 0.3) is 0 Å². The molecule has 0 spiro atoms. The highest BCUT2D eigenvalue weighted by Gasteiger charge is 2.14. The maximum atomic E-state index is 12.1. The topological polar surface area (TPSA) is 62.3 Å². The fourth-order valence-electron chi connectivity index (χ4n) is 1.76. The van der Waals surface area contributed by atoms with Crippen molar-refractivity contribution in [2.24, 2.45) is 0 Å². The predicted molar refractivity (Wildman–Crippen MR) is 77.3 cm³/mol. The third-order valence-electron chi connectivity index (χ3n) is 2.51. The molecule has 6 heteroatoms. The van der Waals surface area contributed by atoms with Gasteiger partial charge >= 0.3 is 0 Å². The molecule has 0 fully saturated rings. The minimum Gasteiger partial charge on any atom is -0.342 e. The summed E-state index contributed by atoms with van der Waals surface area (Å²) in [7, 11) is 0. The van der Waals surface area contributed by atoms with E-state index in [9.17, 15) is 9.59 Å². The first-order chi connectivity index (χ1) is 9.06. The molecule has 0 saturated carbocycles. The minimum atomic E-state index is -0.147. The van der Waals surface area contributed by atoms with Crippen LogP contribution < -0.4 is 5.32 Å². The Morgan fingerprint density at radius 2 is 1.95 bits per heavy atom. The second-order valence-corrected chi connectivity index (χ2v) is 5.24. The highest BCUT2D eigenvalue weighted by atomic mass is 32.1. The lowest BCUT2D eigenvalue weighted by molar-refractivity contribution is -0.130. The molecule has 0 aliphatic carbocycles. The van der Waals surface area contributed by atoms with Gasteiger partial charge < -0.3 is 10.2 Å². The molecule has 1 heterocycles. The molecular formula is C13H21N3O2S. The SMILES string of the molecule is CCCN(CCC)C(=O)Cc1csc(NC(C)=O)n1. The van der Waals surface area contributed by atoms with E-state index in [0.717, 1.165) is 31.6 Å². The van der Waals surface area contributed by atoms with Crippen LogP contribution in [-0.2, 0) is 16.0 Å². The molecule has 106 valence electrons. The van der Waals surface area contributed by atoms with Crippen LogP contribution in [0.3, 0.4) is 0 Å². The van der Waals surface area contributed by atoms with Crippen LogP contribution in [0.15, 0.2) is 5.38 Å². The number of carbonyl (C=O) groups is 2. The average Bonchev–Trinajstić information content (AvgIpc) is 2.75. The highest BCUT2D eigenvalue weighted by Crippen LogP contribution is 2.16. The number of hydrogen-bond donors (Lipinski definition) is 1. The third kappa shape index (κ3) is 5.38. The Hall–Kier alpha value is -1.43. The first-order valence-corrected chi connectivity index (χ1v) is 7.44. The normalized spacial score (nSPS) is 10.3. The molecule has 0 atom stereocenters. The van der Waals surface area contributed by atoms with Gasteiger partial charge in [-0.05, 0) is 12.8 Å². The van der Waals surface area contributed by atoms with Gasteiger partial charge in [0.2, 0.25) is 11.8 Å². The zero-order chi connectivity index (χ0) is 14.3. The summed E-state index contributed by atoms with van der Waals surface area (Å²) < 4.78 is 0. The van der Waals surface area contributed by atoms with Crippen molar-refractivity contribution in [3.05, 3.63) is 11.1 Å². The number of carbonyl (C=O) groups excluding carboxylic acids is 2. The molecule has 2 amide bonds. The van der Waals surface area contributed by atoms with Crippen molar-refractivity contribution in [3.63, 3.8) is 0 Å². The van der Waals surface area contributed by atoms with E-state index < -0.39 is 0 Å². The predicted octanol–water partition coefficient (Wildman–Crippen LogP) is 2.29. The smallest absolute Gasteiger partial charge is 0.228 e. The third-order valence-corrected chi connectivity index (χ3v) is 3.31. The zero-order valence-corrected chi connectivity index (χ0v) is 12.5. The molecule has 5 nitrogen and oxygen atoms in total. The Morgan fingerprint density at radius 1 is 1.32 bits per heavy atom. The summed E-state index contributed by atoms with van der Waals surface area (Å²) in [5, 5.41) is 4.99. The summed E-state index contributed by atoms with van der Waals surface area (Å²) in [6, 6.07) is 0. The minimum absolute atomic E-state index is 0.100. The van der Waals surface area contributed by atoms with E-state index in [4.69, 9.17) is 0 Å². The summed E-state index contributed by atoms with van der Waals surface area (Å²) in [6.07, 6.45) is 2.22. The molecule has 19 heavy (non-hydrogen) atoms. The molecule has 0 bridgehead atoms. The van der Waals surface area contributed by atoms with Gasteiger partial charge in [-0.1, -0.05) is 13.8 Å². The maximum Gasteiger partial charge on any atom is 0.228 e. The fourth-order valence-corrected chi connectivity index (χ4v) is 2.52. The fraction of sp³-hybridized carbons (Fsp3) is 0.615. The van der Waals surface area contributed by atoms with E-state index in [2.05, 4.69) is 24.1 Å². The van der Waals surface area contributed by atoms with E-state index in [1.807, 2.05) is 10.3 Å². The van der Waals surface area contributed by atoms with Crippen LogP contribution in [-0.4, -0.2) is 34.8 Å². The molecule has 0 radical (unpaired) electrons. The summed E-state index contributed by atoms with van der Waals surface area (Å²) >= 11 is 1.34. The molecule has 1 N–H and O–H groups in total. The van der Waals surface area contributed by atoms with Crippen LogP contribution in [0.1, 0.15) is 39.3 Å². The molecule has 0 aliphatic heterocycles. The van der Waals surface area contributed by atoms with Gasteiger partial charge in [0.05, 0.1) is 12.1 Å². The average molecular weight is 283 g/mol. The lowest BCUT2D eigenvalue weighted by Gasteiger charge is -2.20. The number of nitrogens with one attached hydrogen (secondary N) is 1. The number of aromatic nitrogens is 1. The Kier molecular flexibility index (Phi) is 6.49. The second-order valence-electron chi connectivity index (χ2n) is 4.38. The van der Waals surface area contributed by atoms with E-state index >= 15 is 0 Å². The number of amides is 2. The van der Waals surface area contributed by atoms with Crippen LogP contribution >= 0.6 is 11.3 Å². The maximum absolute atomic E-state index is 12.1. The standard InChI is InChI=1S/C13H21N3O2S/c1-4-6-16(7-5-2)12(18)8-11-9-19-13(15-11)14-10(3)17/h9H,4-8H2,1-3H3,(H,14,15,17). The molecule has 1 aromatic heterocycles. The molecule has 0 aromatic carbocycles. The first kappa shape index (κ1) is 15.6. The lowest BCUT2D eigenvalue weighted by Crippen LogP contribution is -2.33. The van der Waals surface area contributed by atoms with Gasteiger partial charge in [0.15, 0.2) is 5.13 Å². The molecule has 0 saturated heterocycles. The lowest BCUT2D eigenvalue weighted by atomic mass is 10.2. The molecule has 0 unspecified atom stereocenters. The second kappa shape index (κ2) is 7.89. The Balaban J connectivity index is 2.59. The summed E-state index contributed by atoms with van der Waals surface area (Å²) in [5.74, 6) is -0.0470. The molecule has 0 aliphatic rings. The van der Waals surface area contributed by atoms with Crippen LogP contribution in [0.4, 0.5) is 5.13 Å². The Labute approximate surface area is 118 Å². The largest absolute Gasteiger partial charge is 0.342 e. The van der Waals surface area contributed by atoms with Gasteiger partial charge in [-0.25, -0.2) is 4.98 Å². The number of rotatable bonds is 7. The quantitative estimate of drug-likeness (QED) is 0.835. The first-order valence-electron chi connectivity index (χ1n) is 6.56. The molecule has 1 rings (SSSR count). The van der Waals surface area contributed by atoms with Crippen molar-refractivity contribution in [1.29, 1.82) is 0 Å². The van der Waals surface area contributed by atoms with E-state index in [1.54, 1.807) is 0 Å². The van der Waals surface area contributed by atoms with Gasteiger partial charge in [0, 0.05) is 25.4 Å². The van der Waals surface area contributed by atoms with Gasteiger partial charge in [0.1, 0.15) is 0 Å². The van der Waals surface area contributed by atoms with Crippen molar-refractivity contribution in [3.8, 4) is 0 Å². The molecular weight excluding hydrogens is 262 g/mol. The van der Waals surface area contributed by atoms with Gasteiger partial charge in [-0.3, -0.25) is 9.59 Å². The number of thiazole rings is 1. The highest BCUT2D eigenvalue weighted by molar-refractivity contribution is 7.13. The summed E-state index contributed by atoms with van der Waals surface area (Å²) in [5.41, 5.74) is 0.718. The van der Waals surface area contributed by atoms with Gasteiger partial charge in [0.25, 0.3) is 0 Å². The monoisotopic (exact) mass is 283 g/mol. The number of hydrogen-bond acceptors (Lipinski definition) is 4. The van der Waals surface area contributed by atoms with Crippen molar-refractivity contribution in [2.45, 2.75) is 40.0 Å². The number of nitrogens with zero attached hydrogens (tertiary/aromatic N) is 2. The van der Waals surface area contributed by atoms with E-state index in [1.165, 1.54) is 18.3 Å². The van der Waals surface area contributed by atoms with Crippen LogP contribution in [0.5, 0.6) is 0 Å². The Bertz CT molecular complexity index is 425. The Morgan fingerprint density at radius 3 is 2.47 bits per heavy atom. The summed E-state index contributed by atoms with van der Waals surface area (Å²) in [4.78, 5) is 29.1. The van der Waals surface area contributed by atoms with Gasteiger partial charge in [-0.2, -0.15) is 0 Å². The van der Waals surface area contributed by atoms with E-state index in [-0.39, 0.29) is 11.8 Å². The number of anilines is 1. The molecule has 1 aromatic rings. The van der Waals surface area contributed by atoms with Crippen molar-refractivity contribution >= 4 is 28.3 Å². The zero-order valence-electron chi connectivity index (χ0n) is 11.7.